The van der Waals surface area contributed by atoms with Crippen LogP contribution in [0.1, 0.15) is 47.4 Å². The van der Waals surface area contributed by atoms with Crippen molar-refractivity contribution in [2.45, 2.75) is 26.7 Å². The molecule has 0 fully saturated rings. The number of ketones is 1. The first-order chi connectivity index (χ1) is 10.6. The maximum absolute atomic E-state index is 12.0. The van der Waals surface area contributed by atoms with Gasteiger partial charge in [0.15, 0.2) is 5.78 Å². The topological polar surface area (TPSA) is 56.3 Å². The molecule has 0 bridgehead atoms. The molecule has 22 heavy (non-hydrogen) atoms. The van der Waals surface area contributed by atoms with Crippen LogP contribution in [0.3, 0.4) is 0 Å². The van der Waals surface area contributed by atoms with Gasteiger partial charge in [-0.1, -0.05) is 25.5 Å². The summed E-state index contributed by atoms with van der Waals surface area (Å²) in [5.74, 6) is -0.490. The summed E-state index contributed by atoms with van der Waals surface area (Å²) >= 11 is 0. The summed E-state index contributed by atoms with van der Waals surface area (Å²) in [6, 6.07) is 8.74. The average Bonchev–Trinajstić information content (AvgIpc) is 2.55. The van der Waals surface area contributed by atoms with E-state index in [0.717, 1.165) is 24.0 Å². The van der Waals surface area contributed by atoms with Gasteiger partial charge < -0.3 is 4.74 Å². The molecule has 4 nitrogen and oxygen atoms in total. The number of aromatic nitrogens is 1. The Balaban J connectivity index is 2.32. The number of rotatable bonds is 6. The number of Topliss-reactive ketones (excluding diaryl/α,β-unsaturated/α-hetero) is 1. The smallest absolute Gasteiger partial charge is 0.338 e. The van der Waals surface area contributed by atoms with Crippen molar-refractivity contribution in [1.82, 2.24) is 4.98 Å². The maximum atomic E-state index is 12.0. The van der Waals surface area contributed by atoms with Crippen LogP contribution in [0, 0.1) is 0 Å². The summed E-state index contributed by atoms with van der Waals surface area (Å²) in [5.41, 5.74) is 2.51. The molecule has 114 valence electrons. The van der Waals surface area contributed by atoms with Gasteiger partial charge in [-0.05, 0) is 37.1 Å². The van der Waals surface area contributed by atoms with E-state index in [9.17, 15) is 9.59 Å². The molecule has 1 aromatic carbocycles. The lowest BCUT2D eigenvalue weighted by Gasteiger charge is -2.10. The first kappa shape index (κ1) is 15.9. The minimum atomic E-state index is -0.395. The highest BCUT2D eigenvalue weighted by molar-refractivity contribution is 6.03. The van der Waals surface area contributed by atoms with Gasteiger partial charge >= 0.3 is 5.97 Å². The normalized spacial score (nSPS) is 10.3. The van der Waals surface area contributed by atoms with Crippen molar-refractivity contribution < 1.29 is 14.3 Å². The van der Waals surface area contributed by atoms with Gasteiger partial charge in [0.25, 0.3) is 0 Å². The molecule has 0 spiro atoms. The van der Waals surface area contributed by atoms with E-state index < -0.39 is 5.97 Å². The molecule has 4 heteroatoms. The number of nitrogens with zero attached hydrogens (tertiary/aromatic N) is 1. The second kappa shape index (κ2) is 7.50. The molecule has 0 atom stereocenters. The number of benzene rings is 1. The number of ether oxygens (including phenoxy) is 1. The second-order valence-corrected chi connectivity index (χ2v) is 5.05. The summed E-state index contributed by atoms with van der Waals surface area (Å²) in [5, 5.41) is 0. The van der Waals surface area contributed by atoms with Gasteiger partial charge in [0, 0.05) is 23.5 Å². The Morgan fingerprint density at radius 2 is 2.05 bits per heavy atom. The first-order valence-electron chi connectivity index (χ1n) is 7.36. The molecule has 2 rings (SSSR count). The van der Waals surface area contributed by atoms with Crippen molar-refractivity contribution in [1.29, 1.82) is 0 Å². The zero-order chi connectivity index (χ0) is 15.9. The number of esters is 1. The van der Waals surface area contributed by atoms with Crippen LogP contribution < -0.4 is 0 Å². The van der Waals surface area contributed by atoms with E-state index in [4.69, 9.17) is 4.74 Å². The second-order valence-electron chi connectivity index (χ2n) is 5.05. The molecule has 0 N–H and O–H groups in total. The van der Waals surface area contributed by atoms with Crippen LogP contribution in [0.2, 0.25) is 0 Å². The Morgan fingerprint density at radius 1 is 1.23 bits per heavy atom. The fraction of sp³-hybridized carbons (Fsp3) is 0.278. The van der Waals surface area contributed by atoms with Gasteiger partial charge in [-0.15, -0.1) is 0 Å². The molecule has 0 aliphatic heterocycles. The fourth-order valence-corrected chi connectivity index (χ4v) is 2.13. The van der Waals surface area contributed by atoms with Crippen molar-refractivity contribution in [2.75, 3.05) is 6.61 Å². The molecule has 1 heterocycles. The third kappa shape index (κ3) is 3.79. The van der Waals surface area contributed by atoms with E-state index in [0.29, 0.717) is 17.7 Å². The summed E-state index contributed by atoms with van der Waals surface area (Å²) in [4.78, 5) is 28.0. The van der Waals surface area contributed by atoms with Crippen LogP contribution >= 0.6 is 0 Å². The Labute approximate surface area is 130 Å². The Hall–Kier alpha value is -2.49. The van der Waals surface area contributed by atoms with E-state index in [1.54, 1.807) is 30.6 Å². The Kier molecular flexibility index (Phi) is 5.42. The van der Waals surface area contributed by atoms with Gasteiger partial charge in [0.1, 0.15) is 0 Å². The van der Waals surface area contributed by atoms with Crippen LogP contribution in [-0.2, 0) is 4.74 Å². The minimum Gasteiger partial charge on any atom is -0.462 e. The lowest BCUT2D eigenvalue weighted by Crippen LogP contribution is -2.08. The summed E-state index contributed by atoms with van der Waals surface area (Å²) < 4.78 is 5.19. The van der Waals surface area contributed by atoms with Crippen molar-refractivity contribution in [3.63, 3.8) is 0 Å². The van der Waals surface area contributed by atoms with Crippen LogP contribution in [-0.4, -0.2) is 23.3 Å². The largest absolute Gasteiger partial charge is 0.462 e. The van der Waals surface area contributed by atoms with Crippen molar-refractivity contribution in [3.8, 4) is 11.1 Å². The van der Waals surface area contributed by atoms with Crippen LogP contribution in [0.15, 0.2) is 42.7 Å². The third-order valence-electron chi connectivity index (χ3n) is 3.34. The van der Waals surface area contributed by atoms with Gasteiger partial charge in [0.2, 0.25) is 0 Å². The highest BCUT2D eigenvalue weighted by Crippen LogP contribution is 2.25. The van der Waals surface area contributed by atoms with Gasteiger partial charge in [0.05, 0.1) is 12.2 Å². The average molecular weight is 297 g/mol. The molecule has 0 unspecified atom stereocenters. The lowest BCUT2D eigenvalue weighted by molar-refractivity contribution is 0.0500. The number of carbonyl (C=O) groups is 2. The monoisotopic (exact) mass is 297 g/mol. The van der Waals surface area contributed by atoms with Crippen molar-refractivity contribution >= 4 is 11.8 Å². The molecule has 0 radical (unpaired) electrons. The summed E-state index contributed by atoms with van der Waals surface area (Å²) in [6.07, 6.45) is 5.17. The molecule has 0 amide bonds. The molecule has 0 saturated carbocycles. The number of carbonyl (C=O) groups excluding carboxylic acids is 2. The SMILES string of the molecule is CCCCOC(=O)c1ccc(-c2cccnc2)c(C(C)=O)c1. The quantitative estimate of drug-likeness (QED) is 0.461. The standard InChI is InChI=1S/C18H19NO3/c1-3-4-10-22-18(21)14-7-8-16(17(11-14)13(2)20)15-6-5-9-19-12-15/h5-9,11-12H,3-4,10H2,1-2H3. The summed E-state index contributed by atoms with van der Waals surface area (Å²) in [7, 11) is 0. The van der Waals surface area contributed by atoms with E-state index in [1.807, 2.05) is 19.1 Å². The van der Waals surface area contributed by atoms with Crippen LogP contribution in [0.5, 0.6) is 0 Å². The van der Waals surface area contributed by atoms with E-state index in [1.165, 1.54) is 6.92 Å². The number of hydrogen-bond donors (Lipinski definition) is 0. The molecular weight excluding hydrogens is 278 g/mol. The molecule has 1 aromatic heterocycles. The summed E-state index contributed by atoms with van der Waals surface area (Å²) in [6.45, 7) is 3.92. The predicted octanol–water partition coefficient (Wildman–Crippen LogP) is 3.91. The zero-order valence-corrected chi connectivity index (χ0v) is 12.8. The lowest BCUT2D eigenvalue weighted by atomic mass is 9.96. The third-order valence-corrected chi connectivity index (χ3v) is 3.34. The molecule has 0 aliphatic carbocycles. The molecule has 0 aliphatic rings. The highest BCUT2D eigenvalue weighted by atomic mass is 16.5. The maximum Gasteiger partial charge on any atom is 0.338 e. The zero-order valence-electron chi connectivity index (χ0n) is 12.8. The van der Waals surface area contributed by atoms with Crippen LogP contribution in [0.25, 0.3) is 11.1 Å². The van der Waals surface area contributed by atoms with E-state index in [2.05, 4.69) is 4.98 Å². The molecule has 0 saturated heterocycles. The van der Waals surface area contributed by atoms with Crippen molar-refractivity contribution in [2.24, 2.45) is 0 Å². The Bertz CT molecular complexity index is 665. The van der Waals surface area contributed by atoms with Gasteiger partial charge in [-0.25, -0.2) is 4.79 Å². The van der Waals surface area contributed by atoms with E-state index in [-0.39, 0.29) is 5.78 Å². The minimum absolute atomic E-state index is 0.0953. The predicted molar refractivity (Wildman–Crippen MR) is 84.9 cm³/mol. The Morgan fingerprint density at radius 3 is 2.68 bits per heavy atom. The van der Waals surface area contributed by atoms with Crippen LogP contribution in [0.4, 0.5) is 0 Å². The van der Waals surface area contributed by atoms with Gasteiger partial charge in [-0.2, -0.15) is 0 Å². The van der Waals surface area contributed by atoms with Gasteiger partial charge in [-0.3, -0.25) is 9.78 Å². The van der Waals surface area contributed by atoms with Crippen molar-refractivity contribution in [3.05, 3.63) is 53.9 Å². The first-order valence-corrected chi connectivity index (χ1v) is 7.36. The van der Waals surface area contributed by atoms with E-state index >= 15 is 0 Å². The molecular formula is C18H19NO3. The number of pyridine rings is 1. The fourth-order valence-electron chi connectivity index (χ4n) is 2.13. The highest BCUT2D eigenvalue weighted by Gasteiger charge is 2.14. The molecule has 2 aromatic rings. The number of hydrogen-bond acceptors (Lipinski definition) is 4. The number of unbranched alkanes of at least 4 members (excludes halogenated alkanes) is 1.